The molecular formula is C17H18Cl2FNO3. The molecule has 1 aliphatic heterocycles. The van der Waals surface area contributed by atoms with Gasteiger partial charge in [-0.25, -0.2) is 9.29 Å². The molecule has 1 heterocycles. The number of imide groups is 1. The molecule has 24 heavy (non-hydrogen) atoms. The van der Waals surface area contributed by atoms with E-state index in [9.17, 15) is 14.0 Å². The van der Waals surface area contributed by atoms with Crippen molar-refractivity contribution < 1.29 is 18.7 Å². The van der Waals surface area contributed by atoms with E-state index in [-0.39, 0.29) is 22.6 Å². The van der Waals surface area contributed by atoms with Gasteiger partial charge in [0.25, 0.3) is 5.91 Å². The quantitative estimate of drug-likeness (QED) is 0.585. The van der Waals surface area contributed by atoms with Gasteiger partial charge in [-0.05, 0) is 32.8 Å². The Balaban J connectivity index is 2.05. The van der Waals surface area contributed by atoms with Gasteiger partial charge in [0.15, 0.2) is 0 Å². The molecule has 1 saturated heterocycles. The number of amides is 2. The van der Waals surface area contributed by atoms with Crippen molar-refractivity contribution in [2.45, 2.75) is 50.5 Å². The number of carbonyl (C=O) groups excluding carboxylic acids is 2. The van der Waals surface area contributed by atoms with Gasteiger partial charge < -0.3 is 4.74 Å². The van der Waals surface area contributed by atoms with Crippen molar-refractivity contribution in [2.75, 3.05) is 4.90 Å². The Bertz CT molecular complexity index is 709. The number of hydrogen-bond acceptors (Lipinski definition) is 3. The van der Waals surface area contributed by atoms with Crippen molar-refractivity contribution in [3.63, 3.8) is 0 Å². The lowest BCUT2D eigenvalue weighted by atomic mass is 9.80. The third-order valence-corrected chi connectivity index (χ3v) is 5.43. The predicted molar refractivity (Wildman–Crippen MR) is 90.2 cm³/mol. The fraction of sp³-hybridized carbons (Fsp3) is 0.529. The van der Waals surface area contributed by atoms with Crippen molar-refractivity contribution in [1.29, 1.82) is 0 Å². The highest BCUT2D eigenvalue weighted by Gasteiger charge is 2.59. The molecule has 3 rings (SSSR count). The van der Waals surface area contributed by atoms with Gasteiger partial charge in [-0.3, -0.25) is 9.59 Å². The van der Waals surface area contributed by atoms with Crippen molar-refractivity contribution >= 4 is 40.7 Å². The van der Waals surface area contributed by atoms with Crippen LogP contribution in [0.25, 0.3) is 0 Å². The average Bonchev–Trinajstić information content (AvgIpc) is 2.70. The summed E-state index contributed by atoms with van der Waals surface area (Å²) in [6.45, 7) is 3.60. The molecule has 2 atom stereocenters. The number of fused-ring (bicyclic) bond motifs is 1. The Kier molecular flexibility index (Phi) is 4.51. The maximum atomic E-state index is 14.4. The molecule has 1 aromatic carbocycles. The van der Waals surface area contributed by atoms with E-state index in [2.05, 4.69) is 0 Å². The van der Waals surface area contributed by atoms with Crippen molar-refractivity contribution in [3.05, 3.63) is 23.0 Å². The van der Waals surface area contributed by atoms with E-state index in [1.54, 1.807) is 13.8 Å². The van der Waals surface area contributed by atoms with E-state index in [0.29, 0.717) is 12.8 Å². The lowest BCUT2D eigenvalue weighted by molar-refractivity contribution is -0.122. The summed E-state index contributed by atoms with van der Waals surface area (Å²) < 4.78 is 20.0. The Morgan fingerprint density at radius 3 is 2.67 bits per heavy atom. The zero-order valence-corrected chi connectivity index (χ0v) is 15.0. The first kappa shape index (κ1) is 17.5. The lowest BCUT2D eigenvalue weighted by Crippen LogP contribution is -2.40. The summed E-state index contributed by atoms with van der Waals surface area (Å²) in [5.74, 6) is -2.15. The van der Waals surface area contributed by atoms with Crippen LogP contribution in [0.3, 0.4) is 0 Å². The largest absolute Gasteiger partial charge is 0.489 e. The molecule has 2 aliphatic rings. The monoisotopic (exact) mass is 373 g/mol. The molecule has 0 aromatic heterocycles. The summed E-state index contributed by atoms with van der Waals surface area (Å²) in [5, 5.41) is 0.0852. The Labute approximate surface area is 149 Å². The van der Waals surface area contributed by atoms with Gasteiger partial charge in [0, 0.05) is 6.07 Å². The van der Waals surface area contributed by atoms with Crippen LogP contribution in [0.15, 0.2) is 12.1 Å². The standard InChI is InChI=1S/C17H18Cl2FNO3/c1-9(2)24-14-8-13(12(20)7-11(14)18)21-15(22)10-5-3-4-6-17(10,19)16(21)23/h7-10H,3-6H2,1-2H3. The van der Waals surface area contributed by atoms with E-state index in [1.165, 1.54) is 6.07 Å². The zero-order chi connectivity index (χ0) is 17.6. The second kappa shape index (κ2) is 6.19. The van der Waals surface area contributed by atoms with E-state index in [4.69, 9.17) is 27.9 Å². The van der Waals surface area contributed by atoms with Gasteiger partial charge in [-0.1, -0.05) is 24.4 Å². The highest BCUT2D eigenvalue weighted by atomic mass is 35.5. The van der Waals surface area contributed by atoms with E-state index in [1.807, 2.05) is 0 Å². The van der Waals surface area contributed by atoms with Gasteiger partial charge >= 0.3 is 0 Å². The number of ether oxygens (including phenoxy) is 1. The third kappa shape index (κ3) is 2.68. The Morgan fingerprint density at radius 1 is 1.33 bits per heavy atom. The van der Waals surface area contributed by atoms with E-state index >= 15 is 0 Å². The molecule has 1 saturated carbocycles. The topological polar surface area (TPSA) is 46.6 Å². The molecule has 4 nitrogen and oxygen atoms in total. The number of rotatable bonds is 3. The van der Waals surface area contributed by atoms with Crippen LogP contribution in [-0.2, 0) is 9.59 Å². The summed E-state index contributed by atoms with van der Waals surface area (Å²) >= 11 is 12.5. The first-order chi connectivity index (χ1) is 11.3. The molecule has 2 unspecified atom stereocenters. The number of nitrogens with zero attached hydrogens (tertiary/aromatic N) is 1. The maximum Gasteiger partial charge on any atom is 0.255 e. The van der Waals surface area contributed by atoms with Gasteiger partial charge in [0.05, 0.1) is 22.7 Å². The second-order valence-electron chi connectivity index (χ2n) is 6.54. The van der Waals surface area contributed by atoms with E-state index in [0.717, 1.165) is 23.8 Å². The smallest absolute Gasteiger partial charge is 0.255 e. The predicted octanol–water partition coefficient (Wildman–Crippen LogP) is 4.31. The number of anilines is 1. The van der Waals surface area contributed by atoms with Gasteiger partial charge in [-0.2, -0.15) is 0 Å². The van der Waals surface area contributed by atoms with E-state index < -0.39 is 28.4 Å². The molecule has 7 heteroatoms. The number of alkyl halides is 1. The molecule has 130 valence electrons. The highest BCUT2D eigenvalue weighted by molar-refractivity contribution is 6.45. The number of benzene rings is 1. The normalized spacial score (nSPS) is 26.9. The second-order valence-corrected chi connectivity index (χ2v) is 7.62. The van der Waals surface area contributed by atoms with Crippen molar-refractivity contribution in [2.24, 2.45) is 5.92 Å². The molecular weight excluding hydrogens is 356 g/mol. The third-order valence-electron chi connectivity index (χ3n) is 4.52. The van der Waals surface area contributed by atoms with Crippen LogP contribution in [0.1, 0.15) is 39.5 Å². The molecule has 2 fully saturated rings. The number of halogens is 3. The molecule has 0 spiro atoms. The fourth-order valence-electron chi connectivity index (χ4n) is 3.41. The van der Waals surface area contributed by atoms with Gasteiger partial charge in [0.2, 0.25) is 5.91 Å². The molecule has 0 bridgehead atoms. The minimum absolute atomic E-state index is 0.0852. The summed E-state index contributed by atoms with van der Waals surface area (Å²) in [7, 11) is 0. The summed E-state index contributed by atoms with van der Waals surface area (Å²) in [6, 6.07) is 2.35. The first-order valence-corrected chi connectivity index (χ1v) is 8.74. The minimum Gasteiger partial charge on any atom is -0.489 e. The van der Waals surface area contributed by atoms with Crippen LogP contribution >= 0.6 is 23.2 Å². The molecule has 1 aromatic rings. The van der Waals surface area contributed by atoms with Gasteiger partial charge in [-0.15, -0.1) is 11.6 Å². The number of carbonyl (C=O) groups is 2. The van der Waals surface area contributed by atoms with Gasteiger partial charge in [0.1, 0.15) is 16.4 Å². The lowest BCUT2D eigenvalue weighted by Gasteiger charge is -2.28. The molecule has 1 aliphatic carbocycles. The summed E-state index contributed by atoms with van der Waals surface area (Å²) in [4.78, 5) is 25.1. The Morgan fingerprint density at radius 2 is 2.04 bits per heavy atom. The average molecular weight is 374 g/mol. The van der Waals surface area contributed by atoms with Crippen LogP contribution in [0.5, 0.6) is 5.75 Å². The SMILES string of the molecule is CC(C)Oc1cc(N2C(=O)C3CCCCC3(Cl)C2=O)c(F)cc1Cl. The summed E-state index contributed by atoms with van der Waals surface area (Å²) in [6.07, 6.45) is 2.38. The van der Waals surface area contributed by atoms with Crippen molar-refractivity contribution in [1.82, 2.24) is 0 Å². The molecule has 0 radical (unpaired) electrons. The van der Waals surface area contributed by atoms with Crippen molar-refractivity contribution in [3.8, 4) is 5.75 Å². The summed E-state index contributed by atoms with van der Waals surface area (Å²) in [5.41, 5.74) is -0.153. The highest BCUT2D eigenvalue weighted by Crippen LogP contribution is 2.48. The molecule has 2 amide bonds. The maximum absolute atomic E-state index is 14.4. The van der Waals surface area contributed by atoms with Crippen LogP contribution in [0.2, 0.25) is 5.02 Å². The van der Waals surface area contributed by atoms with Crippen LogP contribution in [0.4, 0.5) is 10.1 Å². The first-order valence-electron chi connectivity index (χ1n) is 7.98. The Hall–Kier alpha value is -1.33. The molecule has 0 N–H and O–H groups in total. The zero-order valence-electron chi connectivity index (χ0n) is 13.4. The van der Waals surface area contributed by atoms with Crippen LogP contribution in [-0.4, -0.2) is 22.8 Å². The number of hydrogen-bond donors (Lipinski definition) is 0. The fourth-order valence-corrected chi connectivity index (χ4v) is 4.03. The minimum atomic E-state index is -1.26. The van der Waals surface area contributed by atoms with Crippen LogP contribution in [0, 0.1) is 11.7 Å². The van der Waals surface area contributed by atoms with Crippen LogP contribution < -0.4 is 9.64 Å².